The Labute approximate surface area is 191 Å². The van der Waals surface area contributed by atoms with Crippen molar-refractivity contribution in [1.82, 2.24) is 14.9 Å². The topological polar surface area (TPSA) is 65.4 Å². The van der Waals surface area contributed by atoms with Gasteiger partial charge in [-0.25, -0.2) is 9.37 Å². The van der Waals surface area contributed by atoms with Crippen LogP contribution in [0.15, 0.2) is 85.2 Å². The molecule has 1 unspecified atom stereocenters. The minimum atomic E-state index is -0.535. The first-order chi connectivity index (χ1) is 16.0. The fourth-order valence-electron chi connectivity index (χ4n) is 3.31. The van der Waals surface area contributed by atoms with Crippen LogP contribution in [0.2, 0.25) is 0 Å². The van der Waals surface area contributed by atoms with Gasteiger partial charge in [-0.3, -0.25) is 4.79 Å². The highest BCUT2D eigenvalue weighted by Crippen LogP contribution is 2.24. The number of benzene rings is 3. The molecular formula is C26H24FN3O3. The van der Waals surface area contributed by atoms with Crippen LogP contribution in [0.4, 0.5) is 4.39 Å². The van der Waals surface area contributed by atoms with Crippen molar-refractivity contribution in [1.29, 1.82) is 0 Å². The summed E-state index contributed by atoms with van der Waals surface area (Å²) >= 11 is 0. The van der Waals surface area contributed by atoms with E-state index < -0.39 is 6.04 Å². The van der Waals surface area contributed by atoms with E-state index in [2.05, 4.69) is 10.3 Å². The number of aromatic nitrogens is 2. The Bertz CT molecular complexity index is 1200. The molecule has 6 nitrogen and oxygen atoms in total. The molecule has 33 heavy (non-hydrogen) atoms. The zero-order valence-corrected chi connectivity index (χ0v) is 18.4. The molecule has 4 aromatic rings. The number of ether oxygens (including phenoxy) is 2. The number of nitrogens with one attached hydrogen (secondary N) is 1. The lowest BCUT2D eigenvalue weighted by Gasteiger charge is -2.19. The van der Waals surface area contributed by atoms with Crippen molar-refractivity contribution < 1.29 is 18.7 Å². The minimum Gasteiger partial charge on any atom is -0.484 e. The second kappa shape index (κ2) is 9.99. The normalized spacial score (nSPS) is 11.6. The molecule has 0 saturated carbocycles. The smallest absolute Gasteiger partial charge is 0.258 e. The number of amides is 1. The van der Waals surface area contributed by atoms with E-state index in [1.165, 1.54) is 12.1 Å². The number of hydrogen-bond acceptors (Lipinski definition) is 4. The Kier molecular flexibility index (Phi) is 6.69. The van der Waals surface area contributed by atoms with Gasteiger partial charge in [-0.2, -0.15) is 0 Å². The van der Waals surface area contributed by atoms with Gasteiger partial charge < -0.3 is 19.4 Å². The maximum absolute atomic E-state index is 13.4. The van der Waals surface area contributed by atoms with Crippen molar-refractivity contribution in [3.8, 4) is 17.2 Å². The fourth-order valence-corrected chi connectivity index (χ4v) is 3.31. The van der Waals surface area contributed by atoms with E-state index in [9.17, 15) is 9.18 Å². The summed E-state index contributed by atoms with van der Waals surface area (Å²) < 4.78 is 26.6. The van der Waals surface area contributed by atoms with Crippen LogP contribution in [0.5, 0.6) is 17.2 Å². The number of nitrogens with zero attached hydrogens (tertiary/aromatic N) is 2. The molecule has 0 aliphatic rings. The van der Waals surface area contributed by atoms with E-state index in [0.29, 0.717) is 17.3 Å². The average molecular weight is 445 g/mol. The molecule has 0 aliphatic carbocycles. The highest BCUT2D eigenvalue weighted by atomic mass is 19.1. The van der Waals surface area contributed by atoms with Gasteiger partial charge in [-0.15, -0.1) is 0 Å². The number of imidazole rings is 1. The van der Waals surface area contributed by atoms with E-state index in [4.69, 9.17) is 9.47 Å². The maximum Gasteiger partial charge on any atom is 0.258 e. The Balaban J connectivity index is 1.37. The van der Waals surface area contributed by atoms with Crippen LogP contribution >= 0.6 is 0 Å². The molecule has 1 atom stereocenters. The Hall–Kier alpha value is -4.13. The summed E-state index contributed by atoms with van der Waals surface area (Å²) in [6.45, 7) is 1.84. The van der Waals surface area contributed by atoms with Gasteiger partial charge in [-0.05, 0) is 61.0 Å². The number of rotatable bonds is 8. The summed E-state index contributed by atoms with van der Waals surface area (Å²) in [5, 5.41) is 2.92. The molecule has 1 heterocycles. The third-order valence-corrected chi connectivity index (χ3v) is 5.08. The summed E-state index contributed by atoms with van der Waals surface area (Å²) in [5.41, 5.74) is 1.88. The van der Waals surface area contributed by atoms with Gasteiger partial charge in [0.2, 0.25) is 0 Å². The largest absolute Gasteiger partial charge is 0.484 e. The molecule has 0 saturated heterocycles. The van der Waals surface area contributed by atoms with Crippen LogP contribution in [0.25, 0.3) is 0 Å². The van der Waals surface area contributed by atoms with Crippen molar-refractivity contribution in [2.45, 2.75) is 13.0 Å². The molecule has 1 aromatic heterocycles. The number of carbonyl (C=O) groups is 1. The summed E-state index contributed by atoms with van der Waals surface area (Å²) in [5.74, 6) is 1.91. The van der Waals surface area contributed by atoms with Crippen LogP contribution < -0.4 is 14.8 Å². The number of carbonyl (C=O) groups excluding carboxylic acids is 1. The summed E-state index contributed by atoms with van der Waals surface area (Å²) in [6, 6.07) is 20.3. The molecular weight excluding hydrogens is 421 g/mol. The predicted octanol–water partition coefficient (Wildman–Crippen LogP) is 4.94. The lowest BCUT2D eigenvalue weighted by Crippen LogP contribution is -2.34. The van der Waals surface area contributed by atoms with Crippen LogP contribution in [-0.2, 0) is 11.8 Å². The van der Waals surface area contributed by atoms with Gasteiger partial charge in [0.15, 0.2) is 6.61 Å². The molecule has 1 amide bonds. The monoisotopic (exact) mass is 445 g/mol. The highest BCUT2D eigenvalue weighted by Gasteiger charge is 2.21. The Morgan fingerprint density at radius 2 is 1.58 bits per heavy atom. The number of hydrogen-bond donors (Lipinski definition) is 1. The van der Waals surface area contributed by atoms with Crippen LogP contribution in [0, 0.1) is 12.7 Å². The second-order valence-corrected chi connectivity index (χ2v) is 7.62. The van der Waals surface area contributed by atoms with Gasteiger partial charge in [0.05, 0.1) is 0 Å². The van der Waals surface area contributed by atoms with Crippen molar-refractivity contribution in [2.24, 2.45) is 7.05 Å². The minimum absolute atomic E-state index is 0.180. The first-order valence-corrected chi connectivity index (χ1v) is 10.5. The molecule has 0 spiro atoms. The lowest BCUT2D eigenvalue weighted by molar-refractivity contribution is -0.123. The number of halogens is 1. The summed E-state index contributed by atoms with van der Waals surface area (Å²) in [4.78, 5) is 17.0. The van der Waals surface area contributed by atoms with Crippen molar-refractivity contribution in [3.63, 3.8) is 0 Å². The van der Waals surface area contributed by atoms with Crippen LogP contribution in [0.3, 0.4) is 0 Å². The molecule has 4 rings (SSSR count). The predicted molar refractivity (Wildman–Crippen MR) is 123 cm³/mol. The lowest BCUT2D eigenvalue weighted by atomic mass is 10.1. The molecule has 0 radical (unpaired) electrons. The zero-order chi connectivity index (χ0) is 23.2. The Morgan fingerprint density at radius 1 is 0.970 bits per heavy atom. The van der Waals surface area contributed by atoms with Crippen molar-refractivity contribution in [2.75, 3.05) is 6.61 Å². The van der Waals surface area contributed by atoms with Crippen LogP contribution in [0.1, 0.15) is 23.0 Å². The van der Waals surface area contributed by atoms with Crippen LogP contribution in [-0.4, -0.2) is 22.1 Å². The zero-order valence-electron chi connectivity index (χ0n) is 18.4. The summed E-state index contributed by atoms with van der Waals surface area (Å²) in [7, 11) is 1.84. The van der Waals surface area contributed by atoms with Gasteiger partial charge in [0, 0.05) is 19.4 Å². The Morgan fingerprint density at radius 3 is 2.18 bits per heavy atom. The third kappa shape index (κ3) is 5.77. The first kappa shape index (κ1) is 22.1. The fraction of sp³-hybridized carbons (Fsp3) is 0.154. The van der Waals surface area contributed by atoms with E-state index >= 15 is 0 Å². The molecule has 0 aliphatic heterocycles. The molecule has 0 bridgehead atoms. The molecule has 7 heteroatoms. The highest BCUT2D eigenvalue weighted by molar-refractivity contribution is 5.78. The van der Waals surface area contributed by atoms with Gasteiger partial charge in [0.25, 0.3) is 5.91 Å². The van der Waals surface area contributed by atoms with Gasteiger partial charge in [0.1, 0.15) is 34.9 Å². The summed E-state index contributed by atoms with van der Waals surface area (Å²) in [6.07, 6.45) is 3.43. The van der Waals surface area contributed by atoms with E-state index in [-0.39, 0.29) is 18.3 Å². The standard InChI is InChI=1S/C26H24FN3O3/c1-18-3-9-22(10-4-18)33-23-13-11-21(12-14-23)32-17-24(31)29-25(26-28-15-16-30(26)2)19-5-7-20(27)8-6-19/h3-16,25H,17H2,1-2H3,(H,29,31). The maximum atomic E-state index is 13.4. The average Bonchev–Trinajstić information content (AvgIpc) is 3.25. The van der Waals surface area contributed by atoms with E-state index in [1.54, 1.807) is 48.8 Å². The quantitative estimate of drug-likeness (QED) is 0.417. The van der Waals surface area contributed by atoms with Gasteiger partial charge in [-0.1, -0.05) is 29.8 Å². The second-order valence-electron chi connectivity index (χ2n) is 7.62. The number of aryl methyl sites for hydroxylation is 2. The van der Waals surface area contributed by atoms with Gasteiger partial charge >= 0.3 is 0 Å². The van der Waals surface area contributed by atoms with Crippen molar-refractivity contribution >= 4 is 5.91 Å². The molecule has 168 valence electrons. The third-order valence-electron chi connectivity index (χ3n) is 5.08. The molecule has 1 N–H and O–H groups in total. The van der Waals surface area contributed by atoms with E-state index in [1.807, 2.05) is 42.8 Å². The van der Waals surface area contributed by atoms with E-state index in [0.717, 1.165) is 16.9 Å². The van der Waals surface area contributed by atoms with Crippen molar-refractivity contribution in [3.05, 3.63) is 108 Å². The molecule has 3 aromatic carbocycles. The first-order valence-electron chi connectivity index (χ1n) is 10.5. The molecule has 0 fully saturated rings. The SMILES string of the molecule is Cc1ccc(Oc2ccc(OCC(=O)NC(c3ccc(F)cc3)c3nccn3C)cc2)cc1.